The Morgan fingerprint density at radius 1 is 1.67 bits per heavy atom. The van der Waals surface area contributed by atoms with Crippen LogP contribution in [0, 0.1) is 0 Å². The molecule has 1 atom stereocenters. The number of nitrogens with one attached hydrogen (secondary N) is 1. The van der Waals surface area contributed by atoms with Crippen molar-refractivity contribution in [2.24, 2.45) is 5.73 Å². The molecule has 0 bridgehead atoms. The van der Waals surface area contributed by atoms with Crippen molar-refractivity contribution in [3.8, 4) is 5.75 Å². The molecule has 0 aliphatic rings. The Bertz CT molecular complexity index is 341. The van der Waals surface area contributed by atoms with Gasteiger partial charge in [0.05, 0.1) is 13.7 Å². The molecular weight excluding hydrogens is 196 g/mol. The Morgan fingerprint density at radius 2 is 2.40 bits per heavy atom. The molecule has 15 heavy (non-hydrogen) atoms. The predicted molar refractivity (Wildman–Crippen MR) is 56.7 cm³/mol. The van der Waals surface area contributed by atoms with Gasteiger partial charge in [0.15, 0.2) is 0 Å². The molecule has 0 fully saturated rings. The summed E-state index contributed by atoms with van der Waals surface area (Å²) in [6.45, 7) is -0.341. The summed E-state index contributed by atoms with van der Waals surface area (Å²) >= 11 is 0. The summed E-state index contributed by atoms with van der Waals surface area (Å²) in [6, 6.07) is 6.25. The van der Waals surface area contributed by atoms with Crippen LogP contribution in [0.1, 0.15) is 0 Å². The Hall–Kier alpha value is -1.75. The van der Waals surface area contributed by atoms with Crippen LogP contribution in [0.5, 0.6) is 5.75 Å². The maximum Gasteiger partial charge on any atom is 0.242 e. The van der Waals surface area contributed by atoms with Crippen LogP contribution >= 0.6 is 0 Å². The number of aliphatic hydroxyl groups excluding tert-OH is 1. The van der Waals surface area contributed by atoms with Gasteiger partial charge in [-0.1, -0.05) is 6.07 Å². The number of nitrogens with two attached hydrogens (primary N) is 1. The second kappa shape index (κ2) is 5.21. The molecule has 0 aromatic heterocycles. The SMILES string of the molecule is COc1cccc(NC(CO)C(N)=O)c1. The van der Waals surface area contributed by atoms with Crippen LogP contribution in [-0.4, -0.2) is 30.8 Å². The minimum Gasteiger partial charge on any atom is -0.497 e. The maximum absolute atomic E-state index is 10.9. The van der Waals surface area contributed by atoms with E-state index in [2.05, 4.69) is 5.32 Å². The summed E-state index contributed by atoms with van der Waals surface area (Å²) in [5.41, 5.74) is 5.75. The van der Waals surface area contributed by atoms with E-state index in [1.165, 1.54) is 0 Å². The third-order valence-corrected chi connectivity index (χ3v) is 1.94. The largest absolute Gasteiger partial charge is 0.497 e. The van der Waals surface area contributed by atoms with Crippen molar-refractivity contribution in [3.63, 3.8) is 0 Å². The van der Waals surface area contributed by atoms with Gasteiger partial charge in [-0.25, -0.2) is 0 Å². The number of primary amides is 1. The first kappa shape index (κ1) is 11.3. The van der Waals surface area contributed by atoms with E-state index in [0.717, 1.165) is 0 Å². The first-order valence-electron chi connectivity index (χ1n) is 4.48. The van der Waals surface area contributed by atoms with Crippen molar-refractivity contribution in [1.29, 1.82) is 0 Å². The van der Waals surface area contributed by atoms with Gasteiger partial charge >= 0.3 is 0 Å². The van der Waals surface area contributed by atoms with E-state index in [1.807, 2.05) is 0 Å². The third-order valence-electron chi connectivity index (χ3n) is 1.94. The van der Waals surface area contributed by atoms with E-state index in [9.17, 15) is 4.79 Å². The van der Waals surface area contributed by atoms with Crippen LogP contribution in [0.25, 0.3) is 0 Å². The Morgan fingerprint density at radius 3 is 2.93 bits per heavy atom. The van der Waals surface area contributed by atoms with Crippen molar-refractivity contribution < 1.29 is 14.6 Å². The summed E-state index contributed by atoms with van der Waals surface area (Å²) in [7, 11) is 1.55. The summed E-state index contributed by atoms with van der Waals surface area (Å²) in [6.07, 6.45) is 0. The number of ether oxygens (including phenoxy) is 1. The van der Waals surface area contributed by atoms with Crippen molar-refractivity contribution in [2.45, 2.75) is 6.04 Å². The molecule has 0 aliphatic heterocycles. The molecule has 0 saturated carbocycles. The van der Waals surface area contributed by atoms with Crippen molar-refractivity contribution >= 4 is 11.6 Å². The highest BCUT2D eigenvalue weighted by Crippen LogP contribution is 2.17. The van der Waals surface area contributed by atoms with Gasteiger partial charge in [0.2, 0.25) is 5.91 Å². The van der Waals surface area contributed by atoms with Crippen LogP contribution in [-0.2, 0) is 4.79 Å². The molecule has 0 radical (unpaired) electrons. The van der Waals surface area contributed by atoms with Crippen molar-refractivity contribution in [3.05, 3.63) is 24.3 Å². The monoisotopic (exact) mass is 210 g/mol. The second-order valence-electron chi connectivity index (χ2n) is 3.01. The molecule has 1 amide bonds. The third kappa shape index (κ3) is 3.14. The number of aliphatic hydroxyl groups is 1. The van der Waals surface area contributed by atoms with Gasteiger partial charge in [-0.2, -0.15) is 0 Å². The topological polar surface area (TPSA) is 84.6 Å². The number of methoxy groups -OCH3 is 1. The summed E-state index contributed by atoms with van der Waals surface area (Å²) in [5.74, 6) is 0.0708. The number of anilines is 1. The molecule has 5 heteroatoms. The normalized spacial score (nSPS) is 11.9. The summed E-state index contributed by atoms with van der Waals surface area (Å²) in [4.78, 5) is 10.9. The van der Waals surface area contributed by atoms with Gasteiger partial charge in [-0.3, -0.25) is 4.79 Å². The molecule has 0 aliphatic carbocycles. The quantitative estimate of drug-likeness (QED) is 0.636. The van der Waals surface area contributed by atoms with Gasteiger partial charge in [-0.15, -0.1) is 0 Å². The molecule has 0 spiro atoms. The summed E-state index contributed by atoms with van der Waals surface area (Å²) in [5, 5.41) is 11.7. The Kier molecular flexibility index (Phi) is 3.93. The van der Waals surface area contributed by atoms with Gasteiger partial charge < -0.3 is 20.9 Å². The number of carbonyl (C=O) groups excluding carboxylic acids is 1. The van der Waals surface area contributed by atoms with Crippen molar-refractivity contribution in [2.75, 3.05) is 19.0 Å². The fourth-order valence-electron chi connectivity index (χ4n) is 1.12. The van der Waals surface area contributed by atoms with E-state index in [-0.39, 0.29) is 6.61 Å². The molecule has 5 nitrogen and oxygen atoms in total. The zero-order valence-corrected chi connectivity index (χ0v) is 8.43. The number of amides is 1. The van der Waals surface area contributed by atoms with Crippen LogP contribution < -0.4 is 15.8 Å². The molecule has 1 rings (SSSR count). The van der Waals surface area contributed by atoms with Crippen LogP contribution in [0.15, 0.2) is 24.3 Å². The average molecular weight is 210 g/mol. The molecule has 4 N–H and O–H groups in total. The Labute approximate surface area is 87.9 Å². The van der Waals surface area contributed by atoms with Gasteiger partial charge in [0, 0.05) is 11.8 Å². The number of hydrogen-bond donors (Lipinski definition) is 3. The molecule has 1 aromatic carbocycles. The number of hydrogen-bond acceptors (Lipinski definition) is 4. The first-order valence-corrected chi connectivity index (χ1v) is 4.48. The minimum atomic E-state index is -0.780. The van der Waals surface area contributed by atoms with E-state index in [1.54, 1.807) is 31.4 Å². The highest BCUT2D eigenvalue weighted by Gasteiger charge is 2.13. The average Bonchev–Trinajstić information content (AvgIpc) is 2.25. The van der Waals surface area contributed by atoms with E-state index < -0.39 is 11.9 Å². The predicted octanol–water partition coefficient (Wildman–Crippen LogP) is -0.0467. The second-order valence-corrected chi connectivity index (χ2v) is 3.01. The fraction of sp³-hybridized carbons (Fsp3) is 0.300. The number of rotatable bonds is 5. The van der Waals surface area contributed by atoms with Crippen molar-refractivity contribution in [1.82, 2.24) is 0 Å². The maximum atomic E-state index is 10.9. The van der Waals surface area contributed by atoms with Gasteiger partial charge in [0.25, 0.3) is 0 Å². The highest BCUT2D eigenvalue weighted by atomic mass is 16.5. The van der Waals surface area contributed by atoms with Gasteiger partial charge in [-0.05, 0) is 12.1 Å². The highest BCUT2D eigenvalue weighted by molar-refractivity contribution is 5.83. The molecule has 1 unspecified atom stereocenters. The molecule has 82 valence electrons. The Balaban J connectivity index is 2.74. The van der Waals surface area contributed by atoms with Crippen LogP contribution in [0.4, 0.5) is 5.69 Å². The first-order chi connectivity index (χ1) is 7.17. The zero-order chi connectivity index (χ0) is 11.3. The minimum absolute atomic E-state index is 0.341. The number of benzene rings is 1. The molecule has 0 heterocycles. The molecule has 0 saturated heterocycles. The lowest BCUT2D eigenvalue weighted by Crippen LogP contribution is -2.38. The standard InChI is InChI=1S/C10H14N2O3/c1-15-8-4-2-3-7(5-8)12-9(6-13)10(11)14/h2-5,9,12-13H,6H2,1H3,(H2,11,14). The summed E-state index contributed by atoms with van der Waals surface area (Å²) < 4.78 is 5.01. The zero-order valence-electron chi connectivity index (χ0n) is 8.43. The van der Waals surface area contributed by atoms with E-state index in [4.69, 9.17) is 15.6 Å². The lowest BCUT2D eigenvalue weighted by molar-refractivity contribution is -0.119. The fourth-order valence-corrected chi connectivity index (χ4v) is 1.12. The molecule has 1 aromatic rings. The molecular formula is C10H14N2O3. The van der Waals surface area contributed by atoms with Crippen LogP contribution in [0.2, 0.25) is 0 Å². The lowest BCUT2D eigenvalue weighted by Gasteiger charge is -2.14. The van der Waals surface area contributed by atoms with E-state index in [0.29, 0.717) is 11.4 Å². The lowest BCUT2D eigenvalue weighted by atomic mass is 10.2. The smallest absolute Gasteiger partial charge is 0.242 e. The van der Waals surface area contributed by atoms with Crippen LogP contribution in [0.3, 0.4) is 0 Å². The van der Waals surface area contributed by atoms with E-state index >= 15 is 0 Å². The number of carbonyl (C=O) groups is 1. The van der Waals surface area contributed by atoms with Gasteiger partial charge in [0.1, 0.15) is 11.8 Å².